The van der Waals surface area contributed by atoms with Crippen LogP contribution in [0.5, 0.6) is 0 Å². The van der Waals surface area contributed by atoms with Crippen LogP contribution in [0.4, 0.5) is 0 Å². The topological polar surface area (TPSA) is 43.4 Å². The fourth-order valence-electron chi connectivity index (χ4n) is 3.13. The fraction of sp³-hybridized carbons (Fsp3) is 0.238. The Balaban J connectivity index is 1.98. The van der Waals surface area contributed by atoms with E-state index in [4.69, 9.17) is 6.42 Å². The van der Waals surface area contributed by atoms with Crippen molar-refractivity contribution in [3.63, 3.8) is 0 Å². The zero-order valence-corrected chi connectivity index (χ0v) is 13.8. The van der Waals surface area contributed by atoms with E-state index >= 15 is 0 Å². The van der Waals surface area contributed by atoms with Crippen LogP contribution < -0.4 is 0 Å². The molecule has 3 rings (SSSR count). The quantitative estimate of drug-likeness (QED) is 0.610. The van der Waals surface area contributed by atoms with Crippen LogP contribution in [0.15, 0.2) is 42.5 Å². The van der Waals surface area contributed by atoms with Crippen LogP contribution in [0.1, 0.15) is 53.0 Å². The molecule has 0 atom stereocenters. The second-order valence-electron chi connectivity index (χ2n) is 6.65. The number of ether oxygens (including phenoxy) is 1. The zero-order chi connectivity index (χ0) is 17.3. The Labute approximate surface area is 141 Å². The lowest BCUT2D eigenvalue weighted by molar-refractivity contribution is 0.0691. The SMILES string of the molecule is C#COC(=O)c1ccc(-c2ccc3c(c2)C(C)(C)CCC3=O)cc1. The number of Topliss-reactive ketones (excluding diaryl/α,β-unsaturated/α-hetero) is 1. The summed E-state index contributed by atoms with van der Waals surface area (Å²) in [5.41, 5.74) is 4.30. The first-order chi connectivity index (χ1) is 11.4. The Bertz CT molecular complexity index is 852. The predicted octanol–water partition coefficient (Wildman–Crippen LogP) is 4.36. The van der Waals surface area contributed by atoms with Gasteiger partial charge in [0, 0.05) is 12.0 Å². The molecule has 3 heteroatoms. The summed E-state index contributed by atoms with van der Waals surface area (Å²) in [5, 5.41) is 0. The molecule has 0 bridgehead atoms. The number of ketones is 1. The molecule has 120 valence electrons. The smallest absolute Gasteiger partial charge is 0.352 e. The fourth-order valence-corrected chi connectivity index (χ4v) is 3.13. The van der Waals surface area contributed by atoms with Crippen LogP contribution in [0.2, 0.25) is 0 Å². The van der Waals surface area contributed by atoms with Crippen LogP contribution in [0.25, 0.3) is 11.1 Å². The van der Waals surface area contributed by atoms with Crippen molar-refractivity contribution in [3.8, 4) is 23.7 Å². The van der Waals surface area contributed by atoms with Crippen LogP contribution >= 0.6 is 0 Å². The summed E-state index contributed by atoms with van der Waals surface area (Å²) < 4.78 is 4.54. The molecule has 0 aliphatic heterocycles. The number of hydrogen-bond acceptors (Lipinski definition) is 3. The average Bonchev–Trinajstić information content (AvgIpc) is 2.59. The van der Waals surface area contributed by atoms with Crippen molar-refractivity contribution < 1.29 is 14.3 Å². The van der Waals surface area contributed by atoms with Gasteiger partial charge in [-0.05, 0) is 46.7 Å². The highest BCUT2D eigenvalue weighted by molar-refractivity contribution is 5.99. The first-order valence-corrected chi connectivity index (χ1v) is 7.87. The number of fused-ring (bicyclic) bond motifs is 1. The van der Waals surface area contributed by atoms with Gasteiger partial charge in [-0.1, -0.05) is 44.5 Å². The minimum absolute atomic E-state index is 0.0181. The number of carbonyl (C=O) groups excluding carboxylic acids is 2. The van der Waals surface area contributed by atoms with E-state index in [1.165, 1.54) is 0 Å². The van der Waals surface area contributed by atoms with Crippen molar-refractivity contribution in [2.75, 3.05) is 0 Å². The average molecular weight is 318 g/mol. The Hall–Kier alpha value is -2.86. The highest BCUT2D eigenvalue weighted by Gasteiger charge is 2.31. The first kappa shape index (κ1) is 16.0. The second-order valence-corrected chi connectivity index (χ2v) is 6.65. The van der Waals surface area contributed by atoms with E-state index in [0.717, 1.165) is 28.7 Å². The summed E-state index contributed by atoms with van der Waals surface area (Å²) in [6, 6.07) is 13.0. The van der Waals surface area contributed by atoms with E-state index in [9.17, 15) is 9.59 Å². The van der Waals surface area contributed by atoms with Gasteiger partial charge in [0.1, 0.15) is 6.11 Å². The van der Waals surface area contributed by atoms with Crippen molar-refractivity contribution in [2.24, 2.45) is 0 Å². The molecule has 24 heavy (non-hydrogen) atoms. The number of esters is 1. The monoisotopic (exact) mass is 318 g/mol. The molecule has 0 saturated heterocycles. The normalized spacial score (nSPS) is 15.3. The van der Waals surface area contributed by atoms with Crippen LogP contribution in [0, 0.1) is 12.5 Å². The maximum Gasteiger partial charge on any atom is 0.352 e. The first-order valence-electron chi connectivity index (χ1n) is 7.87. The van der Waals surface area contributed by atoms with Crippen molar-refractivity contribution >= 4 is 11.8 Å². The van der Waals surface area contributed by atoms with Crippen molar-refractivity contribution in [3.05, 3.63) is 59.2 Å². The highest BCUT2D eigenvalue weighted by atomic mass is 16.5. The number of carbonyl (C=O) groups is 2. The lowest BCUT2D eigenvalue weighted by Crippen LogP contribution is -2.27. The lowest BCUT2D eigenvalue weighted by atomic mass is 9.71. The molecular weight excluding hydrogens is 300 g/mol. The summed E-state index contributed by atoms with van der Waals surface area (Å²) >= 11 is 0. The van der Waals surface area contributed by atoms with E-state index < -0.39 is 5.97 Å². The zero-order valence-electron chi connectivity index (χ0n) is 13.8. The molecule has 1 aliphatic rings. The number of hydrogen-bond donors (Lipinski definition) is 0. The molecule has 3 nitrogen and oxygen atoms in total. The Morgan fingerprint density at radius 2 is 1.79 bits per heavy atom. The molecule has 0 radical (unpaired) electrons. The molecule has 0 N–H and O–H groups in total. The lowest BCUT2D eigenvalue weighted by Gasteiger charge is -2.32. The van der Waals surface area contributed by atoms with Gasteiger partial charge in [-0.2, -0.15) is 0 Å². The third-order valence-electron chi connectivity index (χ3n) is 4.63. The van der Waals surface area contributed by atoms with Crippen LogP contribution in [-0.4, -0.2) is 11.8 Å². The molecule has 0 unspecified atom stereocenters. The van der Waals surface area contributed by atoms with Crippen LogP contribution in [-0.2, 0) is 10.2 Å². The Morgan fingerprint density at radius 1 is 1.12 bits per heavy atom. The van der Waals surface area contributed by atoms with E-state index in [2.05, 4.69) is 24.7 Å². The molecule has 2 aromatic carbocycles. The molecule has 0 saturated carbocycles. The maximum absolute atomic E-state index is 12.1. The molecule has 1 aliphatic carbocycles. The maximum atomic E-state index is 12.1. The van der Waals surface area contributed by atoms with Crippen molar-refractivity contribution in [1.82, 2.24) is 0 Å². The van der Waals surface area contributed by atoms with Gasteiger partial charge in [0.2, 0.25) is 0 Å². The van der Waals surface area contributed by atoms with E-state index in [0.29, 0.717) is 12.0 Å². The molecule has 0 heterocycles. The molecule has 0 spiro atoms. The van der Waals surface area contributed by atoms with E-state index in [1.54, 1.807) is 12.1 Å². The van der Waals surface area contributed by atoms with Crippen LogP contribution in [0.3, 0.4) is 0 Å². The van der Waals surface area contributed by atoms with Gasteiger partial charge in [-0.3, -0.25) is 4.79 Å². The second kappa shape index (κ2) is 5.98. The molecule has 0 amide bonds. The van der Waals surface area contributed by atoms with E-state index in [-0.39, 0.29) is 11.2 Å². The summed E-state index contributed by atoms with van der Waals surface area (Å²) in [5.74, 6) is -0.329. The largest absolute Gasteiger partial charge is 0.369 e. The molecule has 0 aromatic heterocycles. The summed E-state index contributed by atoms with van der Waals surface area (Å²) in [4.78, 5) is 23.7. The van der Waals surface area contributed by atoms with Gasteiger partial charge in [0.25, 0.3) is 0 Å². The Kier molecular flexibility index (Phi) is 3.99. The number of benzene rings is 2. The van der Waals surface area contributed by atoms with Crippen molar-refractivity contribution in [2.45, 2.75) is 32.1 Å². The number of terminal acetylenes is 1. The molecule has 0 fully saturated rings. The van der Waals surface area contributed by atoms with Gasteiger partial charge in [0.15, 0.2) is 5.78 Å². The predicted molar refractivity (Wildman–Crippen MR) is 92.7 cm³/mol. The third kappa shape index (κ3) is 2.83. The minimum Gasteiger partial charge on any atom is -0.369 e. The molecular formula is C21H18O3. The minimum atomic E-state index is -0.541. The summed E-state index contributed by atoms with van der Waals surface area (Å²) in [7, 11) is 0. The highest BCUT2D eigenvalue weighted by Crippen LogP contribution is 2.38. The standard InChI is InChI=1S/C21H18O3/c1-4-24-20(23)15-7-5-14(6-8-15)16-9-10-17-18(13-16)21(2,3)12-11-19(17)22/h1,5-10,13H,11-12H2,2-3H3. The Morgan fingerprint density at radius 3 is 2.46 bits per heavy atom. The van der Waals surface area contributed by atoms with Gasteiger partial charge >= 0.3 is 5.97 Å². The summed E-state index contributed by atoms with van der Waals surface area (Å²) in [6.45, 7) is 4.34. The van der Waals surface area contributed by atoms with E-state index in [1.807, 2.05) is 30.4 Å². The molecule has 2 aromatic rings. The third-order valence-corrected chi connectivity index (χ3v) is 4.63. The van der Waals surface area contributed by atoms with Gasteiger partial charge < -0.3 is 4.74 Å². The van der Waals surface area contributed by atoms with Gasteiger partial charge in [-0.15, -0.1) is 0 Å². The van der Waals surface area contributed by atoms with Crippen molar-refractivity contribution in [1.29, 1.82) is 0 Å². The summed E-state index contributed by atoms with van der Waals surface area (Å²) in [6.07, 6.45) is 8.31. The van der Waals surface area contributed by atoms with Gasteiger partial charge in [-0.25, -0.2) is 4.79 Å². The number of rotatable bonds is 2. The van der Waals surface area contributed by atoms with Gasteiger partial charge in [0.05, 0.1) is 5.56 Å².